The molecule has 1 unspecified atom stereocenters. The monoisotopic (exact) mass is 580 g/mol. The predicted molar refractivity (Wildman–Crippen MR) is 145 cm³/mol. The average molecular weight is 582 g/mol. The van der Waals surface area contributed by atoms with Gasteiger partial charge in [-0.1, -0.05) is 47.5 Å². The van der Waals surface area contributed by atoms with E-state index in [9.17, 15) is 18.0 Å². The molecule has 2 aliphatic rings. The lowest BCUT2D eigenvalue weighted by molar-refractivity contribution is -0.139. The number of halogens is 2. The van der Waals surface area contributed by atoms with Crippen molar-refractivity contribution in [1.82, 2.24) is 19.4 Å². The Morgan fingerprint density at radius 1 is 1.03 bits per heavy atom. The van der Waals surface area contributed by atoms with Gasteiger partial charge in [-0.15, -0.1) is 0 Å². The molecule has 4 rings (SSSR count). The van der Waals surface area contributed by atoms with E-state index >= 15 is 0 Å². The number of piperazine rings is 1. The van der Waals surface area contributed by atoms with E-state index in [1.807, 2.05) is 11.8 Å². The van der Waals surface area contributed by atoms with Crippen molar-refractivity contribution in [2.24, 2.45) is 0 Å². The summed E-state index contributed by atoms with van der Waals surface area (Å²) in [4.78, 5) is 30.2. The molecule has 38 heavy (non-hydrogen) atoms. The summed E-state index contributed by atoms with van der Waals surface area (Å²) < 4.78 is 33.0. The Kier molecular flexibility index (Phi) is 9.00. The van der Waals surface area contributed by atoms with Crippen molar-refractivity contribution in [1.29, 1.82) is 0 Å². The van der Waals surface area contributed by atoms with Gasteiger partial charge in [-0.2, -0.15) is 4.31 Å². The van der Waals surface area contributed by atoms with Gasteiger partial charge in [0.1, 0.15) is 0 Å². The smallest absolute Gasteiger partial charge is 0.338 e. The lowest BCUT2D eigenvalue weighted by Crippen LogP contribution is -2.53. The fourth-order valence-corrected chi connectivity index (χ4v) is 6.43. The number of benzene rings is 2. The van der Waals surface area contributed by atoms with Crippen molar-refractivity contribution in [3.05, 3.63) is 75.4 Å². The van der Waals surface area contributed by atoms with Crippen LogP contribution in [0.3, 0.4) is 0 Å². The van der Waals surface area contributed by atoms with Crippen molar-refractivity contribution in [2.75, 3.05) is 45.9 Å². The lowest BCUT2D eigenvalue weighted by Gasteiger charge is -2.40. The van der Waals surface area contributed by atoms with Gasteiger partial charge in [-0.3, -0.25) is 9.80 Å². The molecule has 2 heterocycles. The van der Waals surface area contributed by atoms with E-state index in [-0.39, 0.29) is 37.2 Å². The van der Waals surface area contributed by atoms with Gasteiger partial charge in [-0.05, 0) is 43.7 Å². The van der Waals surface area contributed by atoms with E-state index in [1.54, 1.807) is 55.5 Å². The first-order chi connectivity index (χ1) is 18.2. The summed E-state index contributed by atoms with van der Waals surface area (Å²) in [7, 11) is -3.60. The molecule has 2 aromatic carbocycles. The Bertz CT molecular complexity index is 1330. The molecule has 0 aromatic heterocycles. The molecule has 2 aromatic rings. The van der Waals surface area contributed by atoms with Gasteiger partial charge < -0.3 is 10.1 Å². The highest BCUT2D eigenvalue weighted by Gasteiger charge is 2.39. The molecule has 2 amide bonds. The van der Waals surface area contributed by atoms with Crippen LogP contribution >= 0.6 is 23.2 Å². The maximum atomic E-state index is 13.3. The SMILES string of the molecule is CCOC(=O)C1=C(CN2CCN(S(=O)(=O)c3ccccc3)CC2)N(CC)C(=O)NC1c1ccc(Cl)c(Cl)c1. The highest BCUT2D eigenvalue weighted by atomic mass is 35.5. The number of esters is 1. The summed E-state index contributed by atoms with van der Waals surface area (Å²) in [6.07, 6.45) is 0. The number of urea groups is 1. The number of hydrogen-bond acceptors (Lipinski definition) is 6. The number of amides is 2. The zero-order valence-electron chi connectivity index (χ0n) is 21.2. The van der Waals surface area contributed by atoms with Crippen LogP contribution in [0.1, 0.15) is 25.5 Å². The third-order valence-corrected chi connectivity index (χ3v) is 9.26. The van der Waals surface area contributed by atoms with Crippen LogP contribution in [0.2, 0.25) is 10.0 Å². The third-order valence-electron chi connectivity index (χ3n) is 6.61. The van der Waals surface area contributed by atoms with Crippen molar-refractivity contribution in [3.63, 3.8) is 0 Å². The summed E-state index contributed by atoms with van der Waals surface area (Å²) in [5.41, 5.74) is 1.43. The number of hydrogen-bond donors (Lipinski definition) is 1. The molecule has 204 valence electrons. The summed E-state index contributed by atoms with van der Waals surface area (Å²) >= 11 is 12.3. The number of sulfonamides is 1. The predicted octanol–water partition coefficient (Wildman–Crippen LogP) is 3.90. The molecular formula is C26H30Cl2N4O5S. The van der Waals surface area contributed by atoms with Gasteiger partial charge in [0.15, 0.2) is 0 Å². The van der Waals surface area contributed by atoms with Gasteiger partial charge in [0, 0.05) is 45.0 Å². The minimum absolute atomic E-state index is 0.166. The van der Waals surface area contributed by atoms with Crippen LogP contribution in [0.25, 0.3) is 0 Å². The molecule has 0 aliphatic carbocycles. The number of carbonyl (C=O) groups is 2. The number of carbonyl (C=O) groups excluding carboxylic acids is 2. The standard InChI is InChI=1S/C26H30Cl2N4O5S/c1-3-32-22(17-30-12-14-31(15-13-30)38(35,36)19-8-6-5-7-9-19)23(25(33)37-4-2)24(29-26(32)34)18-10-11-20(27)21(28)16-18/h5-11,16,24H,3-4,12-15,17H2,1-2H3,(H,29,34). The first kappa shape index (κ1) is 28.4. The molecule has 9 nitrogen and oxygen atoms in total. The van der Waals surface area contributed by atoms with Crippen LogP contribution in [0, 0.1) is 0 Å². The number of ether oxygens (including phenoxy) is 1. The average Bonchev–Trinajstić information content (AvgIpc) is 2.91. The first-order valence-corrected chi connectivity index (χ1v) is 14.6. The molecule has 0 bridgehead atoms. The van der Waals surface area contributed by atoms with Crippen LogP contribution in [-0.2, 0) is 19.6 Å². The first-order valence-electron chi connectivity index (χ1n) is 12.4. The second-order valence-electron chi connectivity index (χ2n) is 8.87. The summed E-state index contributed by atoms with van der Waals surface area (Å²) in [5.74, 6) is -0.540. The summed E-state index contributed by atoms with van der Waals surface area (Å²) in [6.45, 7) is 5.75. The fourth-order valence-electron chi connectivity index (χ4n) is 4.68. The van der Waals surface area contributed by atoms with Crippen LogP contribution in [0.5, 0.6) is 0 Å². The van der Waals surface area contributed by atoms with E-state index in [0.717, 1.165) is 0 Å². The lowest BCUT2D eigenvalue weighted by atomic mass is 9.94. The number of nitrogens with one attached hydrogen (secondary N) is 1. The maximum absolute atomic E-state index is 13.3. The molecule has 1 N–H and O–H groups in total. The Balaban J connectivity index is 1.64. The summed E-state index contributed by atoms with van der Waals surface area (Å²) in [5, 5.41) is 3.56. The Morgan fingerprint density at radius 2 is 1.71 bits per heavy atom. The van der Waals surface area contributed by atoms with Crippen LogP contribution in [-0.4, -0.2) is 80.4 Å². The minimum atomic E-state index is -3.60. The highest BCUT2D eigenvalue weighted by molar-refractivity contribution is 7.89. The normalized spacial score (nSPS) is 19.4. The van der Waals surface area contributed by atoms with E-state index in [0.29, 0.717) is 46.5 Å². The third kappa shape index (κ3) is 5.84. The van der Waals surface area contributed by atoms with E-state index in [2.05, 4.69) is 5.32 Å². The molecule has 1 atom stereocenters. The van der Waals surface area contributed by atoms with E-state index in [4.69, 9.17) is 27.9 Å². The van der Waals surface area contributed by atoms with E-state index < -0.39 is 22.0 Å². The van der Waals surface area contributed by atoms with Crippen LogP contribution in [0.4, 0.5) is 4.79 Å². The molecule has 1 fully saturated rings. The molecule has 12 heteroatoms. The quantitative estimate of drug-likeness (QED) is 0.475. The van der Waals surface area contributed by atoms with Crippen LogP contribution in [0.15, 0.2) is 64.7 Å². The highest BCUT2D eigenvalue weighted by Crippen LogP contribution is 2.35. The second kappa shape index (κ2) is 12.0. The van der Waals surface area contributed by atoms with Gasteiger partial charge in [0.05, 0.1) is 33.2 Å². The molecule has 1 saturated heterocycles. The largest absolute Gasteiger partial charge is 0.463 e. The van der Waals surface area contributed by atoms with Crippen LogP contribution < -0.4 is 5.32 Å². The fraction of sp³-hybridized carbons (Fsp3) is 0.385. The summed E-state index contributed by atoms with van der Waals surface area (Å²) in [6, 6.07) is 12.2. The zero-order chi connectivity index (χ0) is 27.4. The van der Waals surface area contributed by atoms with Gasteiger partial charge >= 0.3 is 12.0 Å². The topological polar surface area (TPSA) is 99.3 Å². The zero-order valence-corrected chi connectivity index (χ0v) is 23.5. The molecule has 0 spiro atoms. The minimum Gasteiger partial charge on any atom is -0.463 e. The number of likely N-dealkylation sites (N-methyl/N-ethyl adjacent to an activating group) is 1. The van der Waals surface area contributed by atoms with Gasteiger partial charge in [0.2, 0.25) is 10.0 Å². The molecule has 0 saturated carbocycles. The molecule has 2 aliphatic heterocycles. The van der Waals surface area contributed by atoms with Gasteiger partial charge in [-0.25, -0.2) is 18.0 Å². The number of nitrogens with zero attached hydrogens (tertiary/aromatic N) is 3. The Morgan fingerprint density at radius 3 is 2.32 bits per heavy atom. The Labute approximate surface area is 233 Å². The number of rotatable bonds is 8. The van der Waals surface area contributed by atoms with Crippen molar-refractivity contribution in [3.8, 4) is 0 Å². The maximum Gasteiger partial charge on any atom is 0.338 e. The van der Waals surface area contributed by atoms with Gasteiger partial charge in [0.25, 0.3) is 0 Å². The van der Waals surface area contributed by atoms with E-state index in [1.165, 1.54) is 9.21 Å². The van der Waals surface area contributed by atoms with Crippen molar-refractivity contribution in [2.45, 2.75) is 24.8 Å². The Hall–Kier alpha value is -2.63. The van der Waals surface area contributed by atoms with Crippen molar-refractivity contribution >= 4 is 45.2 Å². The molecular weight excluding hydrogens is 551 g/mol. The molecule has 0 radical (unpaired) electrons. The van der Waals surface area contributed by atoms with Crippen molar-refractivity contribution < 1.29 is 22.7 Å². The second-order valence-corrected chi connectivity index (χ2v) is 11.6.